The Balaban J connectivity index is 1.73. The molecule has 0 aliphatic heterocycles. The SMILES string of the molecule is COc1ccc(-c2cc(NC(=O)c3cccc(CNC(C)=O)c3)ncn2)cc1. The van der Waals surface area contributed by atoms with Crippen LogP contribution in [-0.4, -0.2) is 28.9 Å². The largest absolute Gasteiger partial charge is 0.497 e. The van der Waals surface area contributed by atoms with E-state index >= 15 is 0 Å². The van der Waals surface area contributed by atoms with Crippen molar-refractivity contribution in [2.45, 2.75) is 13.5 Å². The fourth-order valence-corrected chi connectivity index (χ4v) is 2.58. The van der Waals surface area contributed by atoms with E-state index in [0.717, 1.165) is 16.9 Å². The Bertz CT molecular complexity index is 987. The molecule has 0 aliphatic carbocycles. The van der Waals surface area contributed by atoms with Crippen molar-refractivity contribution in [3.05, 3.63) is 72.1 Å². The first-order valence-electron chi connectivity index (χ1n) is 8.66. The number of benzene rings is 2. The van der Waals surface area contributed by atoms with Crippen LogP contribution in [0.3, 0.4) is 0 Å². The van der Waals surface area contributed by atoms with Crippen LogP contribution < -0.4 is 15.4 Å². The molecule has 0 spiro atoms. The summed E-state index contributed by atoms with van der Waals surface area (Å²) in [4.78, 5) is 32.0. The summed E-state index contributed by atoms with van der Waals surface area (Å²) in [6.07, 6.45) is 1.41. The third-order valence-corrected chi connectivity index (χ3v) is 4.03. The number of ether oxygens (including phenoxy) is 1. The standard InChI is InChI=1S/C21H20N4O3/c1-14(26)22-12-15-4-3-5-17(10-15)21(27)25-20-11-19(23-13-24-20)16-6-8-18(28-2)9-7-16/h3-11,13H,12H2,1-2H3,(H,22,26)(H,23,24,25,27). The third-order valence-electron chi connectivity index (χ3n) is 4.03. The predicted molar refractivity (Wildman–Crippen MR) is 106 cm³/mol. The number of rotatable bonds is 6. The number of carbonyl (C=O) groups is 2. The maximum Gasteiger partial charge on any atom is 0.256 e. The lowest BCUT2D eigenvalue weighted by molar-refractivity contribution is -0.119. The van der Waals surface area contributed by atoms with Crippen LogP contribution in [-0.2, 0) is 11.3 Å². The summed E-state index contributed by atoms with van der Waals surface area (Å²) < 4.78 is 5.16. The van der Waals surface area contributed by atoms with Crippen molar-refractivity contribution in [1.29, 1.82) is 0 Å². The van der Waals surface area contributed by atoms with E-state index < -0.39 is 0 Å². The summed E-state index contributed by atoms with van der Waals surface area (Å²) in [5, 5.41) is 5.49. The lowest BCUT2D eigenvalue weighted by atomic mass is 10.1. The van der Waals surface area contributed by atoms with Crippen LogP contribution in [0.15, 0.2) is 60.9 Å². The number of aromatic nitrogens is 2. The first-order chi connectivity index (χ1) is 13.5. The first-order valence-corrected chi connectivity index (χ1v) is 8.66. The highest BCUT2D eigenvalue weighted by atomic mass is 16.5. The molecule has 1 aromatic heterocycles. The van der Waals surface area contributed by atoms with Gasteiger partial charge in [-0.05, 0) is 42.0 Å². The Labute approximate surface area is 162 Å². The van der Waals surface area contributed by atoms with Gasteiger partial charge in [0.15, 0.2) is 0 Å². The van der Waals surface area contributed by atoms with E-state index in [2.05, 4.69) is 20.6 Å². The lowest BCUT2D eigenvalue weighted by Crippen LogP contribution is -2.19. The van der Waals surface area contributed by atoms with Crippen LogP contribution in [0.2, 0.25) is 0 Å². The Morgan fingerprint density at radius 3 is 2.54 bits per heavy atom. The Morgan fingerprint density at radius 2 is 1.82 bits per heavy atom. The molecule has 0 fully saturated rings. The van der Waals surface area contributed by atoms with Gasteiger partial charge < -0.3 is 15.4 Å². The van der Waals surface area contributed by atoms with Crippen molar-refractivity contribution in [2.24, 2.45) is 0 Å². The normalized spacial score (nSPS) is 10.2. The van der Waals surface area contributed by atoms with Gasteiger partial charge >= 0.3 is 0 Å². The summed E-state index contributed by atoms with van der Waals surface area (Å²) in [7, 11) is 1.61. The number of hydrogen-bond donors (Lipinski definition) is 2. The highest BCUT2D eigenvalue weighted by molar-refractivity contribution is 6.04. The maximum absolute atomic E-state index is 12.6. The van der Waals surface area contributed by atoms with E-state index in [0.29, 0.717) is 23.6 Å². The summed E-state index contributed by atoms with van der Waals surface area (Å²) >= 11 is 0. The van der Waals surface area contributed by atoms with Gasteiger partial charge in [0.1, 0.15) is 17.9 Å². The molecule has 0 saturated heterocycles. The van der Waals surface area contributed by atoms with Gasteiger partial charge in [0.25, 0.3) is 5.91 Å². The van der Waals surface area contributed by atoms with E-state index in [1.807, 2.05) is 30.3 Å². The Hall–Kier alpha value is -3.74. The number of anilines is 1. The molecule has 2 amide bonds. The van der Waals surface area contributed by atoms with Crippen LogP contribution in [0.25, 0.3) is 11.3 Å². The highest BCUT2D eigenvalue weighted by Crippen LogP contribution is 2.22. The molecule has 142 valence electrons. The summed E-state index contributed by atoms with van der Waals surface area (Å²) in [6, 6.07) is 16.2. The molecule has 0 unspecified atom stereocenters. The lowest BCUT2D eigenvalue weighted by Gasteiger charge is -2.08. The van der Waals surface area contributed by atoms with Crippen molar-refractivity contribution < 1.29 is 14.3 Å². The molecule has 2 aromatic carbocycles. The molecule has 0 aliphatic rings. The van der Waals surface area contributed by atoms with E-state index in [1.54, 1.807) is 31.4 Å². The smallest absolute Gasteiger partial charge is 0.256 e. The molecule has 3 rings (SSSR count). The molecule has 7 heteroatoms. The predicted octanol–water partition coefficient (Wildman–Crippen LogP) is 3.04. The molecule has 0 saturated carbocycles. The second kappa shape index (κ2) is 8.77. The molecule has 1 heterocycles. The third kappa shape index (κ3) is 4.91. The van der Waals surface area contributed by atoms with Gasteiger partial charge in [0.2, 0.25) is 5.91 Å². The minimum absolute atomic E-state index is 0.123. The summed E-state index contributed by atoms with van der Waals surface area (Å²) in [5.41, 5.74) is 2.89. The monoisotopic (exact) mass is 376 g/mol. The van der Waals surface area contributed by atoms with Crippen molar-refractivity contribution >= 4 is 17.6 Å². The number of nitrogens with one attached hydrogen (secondary N) is 2. The quantitative estimate of drug-likeness (QED) is 0.690. The summed E-state index contributed by atoms with van der Waals surface area (Å²) in [6.45, 7) is 1.82. The molecule has 7 nitrogen and oxygen atoms in total. The zero-order chi connectivity index (χ0) is 19.9. The van der Waals surface area contributed by atoms with Gasteiger partial charge in [0, 0.05) is 30.7 Å². The van der Waals surface area contributed by atoms with Gasteiger partial charge in [-0.25, -0.2) is 9.97 Å². The van der Waals surface area contributed by atoms with Gasteiger partial charge in [-0.2, -0.15) is 0 Å². The van der Waals surface area contributed by atoms with Crippen LogP contribution in [0.1, 0.15) is 22.8 Å². The van der Waals surface area contributed by atoms with E-state index in [-0.39, 0.29) is 11.8 Å². The van der Waals surface area contributed by atoms with Crippen molar-refractivity contribution in [3.8, 4) is 17.0 Å². The molecule has 0 bridgehead atoms. The minimum atomic E-state index is -0.288. The molecular weight excluding hydrogens is 356 g/mol. The zero-order valence-corrected chi connectivity index (χ0v) is 15.6. The topological polar surface area (TPSA) is 93.2 Å². The van der Waals surface area contributed by atoms with E-state index in [9.17, 15) is 9.59 Å². The highest BCUT2D eigenvalue weighted by Gasteiger charge is 2.09. The molecular formula is C21H20N4O3. The number of nitrogens with zero attached hydrogens (tertiary/aromatic N) is 2. The molecule has 28 heavy (non-hydrogen) atoms. The van der Waals surface area contributed by atoms with Crippen LogP contribution in [0.5, 0.6) is 5.75 Å². The van der Waals surface area contributed by atoms with Crippen LogP contribution in [0, 0.1) is 0 Å². The van der Waals surface area contributed by atoms with Gasteiger partial charge in [-0.1, -0.05) is 12.1 Å². The van der Waals surface area contributed by atoms with E-state index in [1.165, 1.54) is 13.3 Å². The average Bonchev–Trinajstić information content (AvgIpc) is 2.72. The Morgan fingerprint density at radius 1 is 1.04 bits per heavy atom. The number of carbonyl (C=O) groups excluding carboxylic acids is 2. The Kier molecular flexibility index (Phi) is 5.96. The zero-order valence-electron chi connectivity index (χ0n) is 15.6. The van der Waals surface area contributed by atoms with Gasteiger partial charge in [-0.15, -0.1) is 0 Å². The van der Waals surface area contributed by atoms with Gasteiger partial charge in [-0.3, -0.25) is 9.59 Å². The number of methoxy groups -OCH3 is 1. The fraction of sp³-hybridized carbons (Fsp3) is 0.143. The van der Waals surface area contributed by atoms with Crippen LogP contribution >= 0.6 is 0 Å². The molecule has 0 radical (unpaired) electrons. The number of hydrogen-bond acceptors (Lipinski definition) is 5. The second-order valence-corrected chi connectivity index (χ2v) is 6.08. The van der Waals surface area contributed by atoms with E-state index in [4.69, 9.17) is 4.74 Å². The number of amides is 2. The second-order valence-electron chi connectivity index (χ2n) is 6.08. The first kappa shape index (κ1) is 19.0. The molecule has 3 aromatic rings. The molecule has 0 atom stereocenters. The van der Waals surface area contributed by atoms with Crippen molar-refractivity contribution in [3.63, 3.8) is 0 Å². The molecule has 2 N–H and O–H groups in total. The van der Waals surface area contributed by atoms with Crippen LogP contribution in [0.4, 0.5) is 5.82 Å². The van der Waals surface area contributed by atoms with Crippen molar-refractivity contribution in [1.82, 2.24) is 15.3 Å². The van der Waals surface area contributed by atoms with Crippen molar-refractivity contribution in [2.75, 3.05) is 12.4 Å². The fourth-order valence-electron chi connectivity index (χ4n) is 2.58. The summed E-state index contributed by atoms with van der Waals surface area (Å²) in [5.74, 6) is 0.745. The average molecular weight is 376 g/mol. The minimum Gasteiger partial charge on any atom is -0.497 e. The maximum atomic E-state index is 12.6. The van der Waals surface area contributed by atoms with Gasteiger partial charge in [0.05, 0.1) is 12.8 Å².